The van der Waals surface area contributed by atoms with Crippen molar-refractivity contribution in [2.75, 3.05) is 0 Å². The Morgan fingerprint density at radius 3 is 2.23 bits per heavy atom. The van der Waals surface area contributed by atoms with Gasteiger partial charge in [-0.05, 0) is 24.3 Å². The normalized spacial score (nSPS) is 13.2. The maximum atomic E-state index is 10.6. The molecule has 1 aromatic carbocycles. The van der Waals surface area contributed by atoms with Crippen molar-refractivity contribution in [3.8, 4) is 0 Å². The molecule has 0 saturated carbocycles. The molecule has 13 heavy (non-hydrogen) atoms. The molecule has 0 aromatic heterocycles. The SMILES string of the molecule is CC(C)Sc1ccc(S(=O)O)cc1. The van der Waals surface area contributed by atoms with Crippen LogP contribution in [0.3, 0.4) is 0 Å². The fourth-order valence-electron chi connectivity index (χ4n) is 0.907. The Bertz CT molecular complexity index is 293. The van der Waals surface area contributed by atoms with Gasteiger partial charge in [0.15, 0.2) is 11.1 Å². The molecule has 0 aliphatic carbocycles. The molecule has 4 heteroatoms. The van der Waals surface area contributed by atoms with Gasteiger partial charge in [0.1, 0.15) is 0 Å². The van der Waals surface area contributed by atoms with Crippen molar-refractivity contribution in [1.29, 1.82) is 0 Å². The van der Waals surface area contributed by atoms with Crippen molar-refractivity contribution in [1.82, 2.24) is 0 Å². The molecule has 2 nitrogen and oxygen atoms in total. The molecular formula is C9H12O2S2. The number of thioether (sulfide) groups is 1. The Labute approximate surface area is 85.0 Å². The maximum absolute atomic E-state index is 10.6. The van der Waals surface area contributed by atoms with Crippen LogP contribution in [0, 0.1) is 0 Å². The standard InChI is InChI=1S/C9H12O2S2/c1-7(2)12-8-3-5-9(6-4-8)13(10)11/h3-7H,1-2H3,(H,10,11). The lowest BCUT2D eigenvalue weighted by Crippen LogP contribution is -1.89. The van der Waals surface area contributed by atoms with Crippen molar-refractivity contribution in [3.63, 3.8) is 0 Å². The van der Waals surface area contributed by atoms with E-state index in [-0.39, 0.29) is 0 Å². The van der Waals surface area contributed by atoms with Gasteiger partial charge in [-0.25, -0.2) is 4.21 Å². The third-order valence-corrected chi connectivity index (χ3v) is 3.09. The first kappa shape index (κ1) is 10.8. The summed E-state index contributed by atoms with van der Waals surface area (Å²) in [7, 11) is 0. The molecular weight excluding hydrogens is 204 g/mol. The summed E-state index contributed by atoms with van der Waals surface area (Å²) in [5.41, 5.74) is 0. The second kappa shape index (κ2) is 4.79. The Morgan fingerprint density at radius 1 is 1.31 bits per heavy atom. The van der Waals surface area contributed by atoms with Crippen LogP contribution in [-0.2, 0) is 11.1 Å². The van der Waals surface area contributed by atoms with E-state index in [1.165, 1.54) is 0 Å². The van der Waals surface area contributed by atoms with Gasteiger partial charge in [-0.1, -0.05) is 13.8 Å². The van der Waals surface area contributed by atoms with E-state index in [2.05, 4.69) is 13.8 Å². The molecule has 0 aliphatic rings. The molecule has 0 amide bonds. The molecule has 1 rings (SSSR count). The second-order valence-corrected chi connectivity index (χ2v) is 5.51. The molecule has 1 N–H and O–H groups in total. The van der Waals surface area contributed by atoms with Crippen molar-refractivity contribution < 1.29 is 8.76 Å². The quantitative estimate of drug-likeness (QED) is 0.623. The summed E-state index contributed by atoms with van der Waals surface area (Å²) in [6, 6.07) is 7.10. The Kier molecular flexibility index (Phi) is 3.96. The van der Waals surface area contributed by atoms with Gasteiger partial charge in [-0.15, -0.1) is 11.8 Å². The summed E-state index contributed by atoms with van der Waals surface area (Å²) in [4.78, 5) is 1.58. The van der Waals surface area contributed by atoms with E-state index in [0.29, 0.717) is 10.1 Å². The van der Waals surface area contributed by atoms with E-state index in [1.807, 2.05) is 12.1 Å². The van der Waals surface area contributed by atoms with Crippen LogP contribution in [0.15, 0.2) is 34.1 Å². The summed E-state index contributed by atoms with van der Waals surface area (Å²) >= 11 is -0.121. The maximum Gasteiger partial charge on any atom is 0.186 e. The van der Waals surface area contributed by atoms with Gasteiger partial charge in [0.2, 0.25) is 0 Å². The Morgan fingerprint density at radius 2 is 1.85 bits per heavy atom. The molecule has 0 bridgehead atoms. The lowest BCUT2D eigenvalue weighted by Gasteiger charge is -2.04. The first-order valence-electron chi connectivity index (χ1n) is 3.97. The average Bonchev–Trinajstić information content (AvgIpc) is 2.04. The molecule has 1 atom stereocenters. The van der Waals surface area contributed by atoms with Crippen molar-refractivity contribution in [2.24, 2.45) is 0 Å². The first-order valence-corrected chi connectivity index (χ1v) is 5.96. The van der Waals surface area contributed by atoms with Crippen LogP contribution >= 0.6 is 11.8 Å². The molecule has 0 spiro atoms. The third kappa shape index (κ3) is 3.50. The number of hydrogen-bond acceptors (Lipinski definition) is 2. The minimum absolute atomic E-state index is 0.452. The fraction of sp³-hybridized carbons (Fsp3) is 0.333. The highest BCUT2D eigenvalue weighted by molar-refractivity contribution is 7.99. The van der Waals surface area contributed by atoms with Gasteiger partial charge < -0.3 is 4.55 Å². The van der Waals surface area contributed by atoms with Crippen LogP contribution in [0.25, 0.3) is 0 Å². The van der Waals surface area contributed by atoms with E-state index in [4.69, 9.17) is 4.55 Å². The van der Waals surface area contributed by atoms with Gasteiger partial charge in [0.25, 0.3) is 0 Å². The zero-order valence-corrected chi connectivity index (χ0v) is 9.19. The van der Waals surface area contributed by atoms with E-state index in [1.54, 1.807) is 23.9 Å². The van der Waals surface area contributed by atoms with E-state index >= 15 is 0 Å². The molecule has 0 radical (unpaired) electrons. The third-order valence-electron chi connectivity index (χ3n) is 1.40. The molecule has 72 valence electrons. The van der Waals surface area contributed by atoms with Gasteiger partial charge in [0, 0.05) is 10.1 Å². The topological polar surface area (TPSA) is 37.3 Å². The van der Waals surface area contributed by atoms with Crippen LogP contribution in [0.4, 0.5) is 0 Å². The predicted octanol–water partition coefficient (Wildman–Crippen LogP) is 2.77. The second-order valence-electron chi connectivity index (χ2n) is 2.89. The zero-order valence-electron chi connectivity index (χ0n) is 7.56. The molecule has 0 aliphatic heterocycles. The largest absolute Gasteiger partial charge is 0.302 e. The number of hydrogen-bond donors (Lipinski definition) is 1. The van der Waals surface area contributed by atoms with Crippen LogP contribution in [-0.4, -0.2) is 14.0 Å². The Balaban J connectivity index is 2.75. The highest BCUT2D eigenvalue weighted by atomic mass is 32.2. The van der Waals surface area contributed by atoms with E-state index in [9.17, 15) is 4.21 Å². The summed E-state index contributed by atoms with van der Waals surface area (Å²) in [6.45, 7) is 4.23. The minimum atomic E-state index is -1.86. The number of rotatable bonds is 3. The minimum Gasteiger partial charge on any atom is -0.302 e. The summed E-state index contributed by atoms with van der Waals surface area (Å²) in [5, 5.41) is 0.533. The Hall–Kier alpha value is -0.320. The average molecular weight is 216 g/mol. The lowest BCUT2D eigenvalue weighted by atomic mass is 10.4. The van der Waals surface area contributed by atoms with Gasteiger partial charge in [-0.2, -0.15) is 0 Å². The lowest BCUT2D eigenvalue weighted by molar-refractivity contribution is 0.564. The van der Waals surface area contributed by atoms with Gasteiger partial charge in [0.05, 0.1) is 4.90 Å². The van der Waals surface area contributed by atoms with Crippen LogP contribution in [0.5, 0.6) is 0 Å². The molecule has 0 saturated heterocycles. The highest BCUT2D eigenvalue weighted by Gasteiger charge is 2.01. The van der Waals surface area contributed by atoms with Crippen molar-refractivity contribution >= 4 is 22.8 Å². The smallest absolute Gasteiger partial charge is 0.186 e. The van der Waals surface area contributed by atoms with Crippen LogP contribution in [0.2, 0.25) is 0 Å². The monoisotopic (exact) mass is 216 g/mol. The number of benzene rings is 1. The molecule has 1 aromatic rings. The van der Waals surface area contributed by atoms with E-state index < -0.39 is 11.1 Å². The van der Waals surface area contributed by atoms with Crippen molar-refractivity contribution in [2.45, 2.75) is 28.9 Å². The van der Waals surface area contributed by atoms with Crippen LogP contribution < -0.4 is 0 Å². The van der Waals surface area contributed by atoms with E-state index in [0.717, 1.165) is 4.90 Å². The van der Waals surface area contributed by atoms with Gasteiger partial charge in [-0.3, -0.25) is 0 Å². The molecule has 0 heterocycles. The molecule has 1 unspecified atom stereocenters. The van der Waals surface area contributed by atoms with Crippen LogP contribution in [0.1, 0.15) is 13.8 Å². The summed E-state index contributed by atoms with van der Waals surface area (Å²) in [5.74, 6) is 0. The van der Waals surface area contributed by atoms with Crippen molar-refractivity contribution in [3.05, 3.63) is 24.3 Å². The molecule has 0 fully saturated rings. The summed E-state index contributed by atoms with van der Waals surface area (Å²) in [6.07, 6.45) is 0. The predicted molar refractivity (Wildman–Crippen MR) is 56.5 cm³/mol. The van der Waals surface area contributed by atoms with Gasteiger partial charge >= 0.3 is 0 Å². The highest BCUT2D eigenvalue weighted by Crippen LogP contribution is 2.23. The fourth-order valence-corrected chi connectivity index (χ4v) is 2.11. The summed E-state index contributed by atoms with van der Waals surface area (Å²) < 4.78 is 19.4. The zero-order chi connectivity index (χ0) is 9.84. The first-order chi connectivity index (χ1) is 6.09.